The number of piperidine rings is 2. The van der Waals surface area contributed by atoms with Crippen LogP contribution >= 0.6 is 11.8 Å². The molecule has 212 valence electrons. The molecule has 3 aromatic rings. The lowest BCUT2D eigenvalue weighted by Gasteiger charge is -2.42. The van der Waals surface area contributed by atoms with Crippen molar-refractivity contribution in [1.82, 2.24) is 15.1 Å². The number of nitrogens with one attached hydrogen (secondary N) is 1. The molecule has 3 aromatic carbocycles. The minimum Gasteiger partial charge on any atom is -0.349 e. The molecule has 0 spiro atoms. The number of halogens is 2. The third kappa shape index (κ3) is 7.96. The molecule has 2 saturated heterocycles. The molecule has 2 fully saturated rings. The Morgan fingerprint density at radius 2 is 1.49 bits per heavy atom. The molecule has 8 heteroatoms. The highest BCUT2D eigenvalue weighted by Crippen LogP contribution is 2.25. The van der Waals surface area contributed by atoms with Crippen molar-refractivity contribution in [1.29, 1.82) is 0 Å². The number of thioether (sulfide) groups is 1. The molecular weight excluding hydrogens is 540 g/mol. The summed E-state index contributed by atoms with van der Waals surface area (Å²) in [6.45, 7) is 3.19. The van der Waals surface area contributed by atoms with E-state index >= 15 is 0 Å². The van der Waals surface area contributed by atoms with Crippen molar-refractivity contribution in [3.05, 3.63) is 101 Å². The van der Waals surface area contributed by atoms with E-state index in [2.05, 4.69) is 22.1 Å². The van der Waals surface area contributed by atoms with E-state index in [1.165, 1.54) is 12.1 Å². The lowest BCUT2D eigenvalue weighted by Crippen LogP contribution is -2.52. The summed E-state index contributed by atoms with van der Waals surface area (Å²) in [5.41, 5.74) is 2.46. The van der Waals surface area contributed by atoms with E-state index in [9.17, 15) is 18.4 Å². The predicted molar refractivity (Wildman–Crippen MR) is 158 cm³/mol. The van der Waals surface area contributed by atoms with E-state index in [0.717, 1.165) is 67.7 Å². The van der Waals surface area contributed by atoms with Gasteiger partial charge >= 0.3 is 0 Å². The first-order valence-corrected chi connectivity index (χ1v) is 15.0. The highest BCUT2D eigenvalue weighted by atomic mass is 32.2. The van der Waals surface area contributed by atoms with E-state index in [0.29, 0.717) is 24.7 Å². The third-order valence-corrected chi connectivity index (χ3v) is 8.75. The lowest BCUT2D eigenvalue weighted by atomic mass is 9.97. The Hall–Kier alpha value is -3.67. The SMILES string of the molecule is O=C(NC1CCN(C2CCN(C(=O)CSc3ccc(F)cc3F)CC2)CC1)c1ccc(C#Cc2ccccc2)cc1. The summed E-state index contributed by atoms with van der Waals surface area (Å²) < 4.78 is 27.0. The number of likely N-dealkylation sites (tertiary alicyclic amines) is 2. The van der Waals surface area contributed by atoms with Crippen molar-refractivity contribution >= 4 is 23.6 Å². The normalized spacial score (nSPS) is 16.6. The molecule has 41 heavy (non-hydrogen) atoms. The van der Waals surface area contributed by atoms with Crippen molar-refractivity contribution in [3.8, 4) is 11.8 Å². The third-order valence-electron chi connectivity index (χ3n) is 7.72. The topological polar surface area (TPSA) is 52.7 Å². The van der Waals surface area contributed by atoms with Crippen molar-refractivity contribution in [2.45, 2.75) is 42.7 Å². The van der Waals surface area contributed by atoms with E-state index in [1.54, 1.807) is 0 Å². The minimum absolute atomic E-state index is 0.0186. The summed E-state index contributed by atoms with van der Waals surface area (Å²) in [7, 11) is 0. The first-order valence-electron chi connectivity index (χ1n) is 14.0. The van der Waals surface area contributed by atoms with E-state index in [4.69, 9.17) is 0 Å². The fraction of sp³-hybridized carbons (Fsp3) is 0.333. The number of hydrogen-bond donors (Lipinski definition) is 1. The molecule has 0 aliphatic carbocycles. The number of carbonyl (C=O) groups excluding carboxylic acids is 2. The monoisotopic (exact) mass is 573 g/mol. The first kappa shape index (κ1) is 28.8. The summed E-state index contributed by atoms with van der Waals surface area (Å²) in [6.07, 6.45) is 3.59. The molecule has 2 amide bonds. The van der Waals surface area contributed by atoms with Crippen LogP contribution < -0.4 is 5.32 Å². The van der Waals surface area contributed by atoms with Gasteiger partial charge in [-0.25, -0.2) is 8.78 Å². The van der Waals surface area contributed by atoms with Gasteiger partial charge in [0, 0.05) is 65.9 Å². The van der Waals surface area contributed by atoms with Gasteiger partial charge in [0.1, 0.15) is 11.6 Å². The maximum absolute atomic E-state index is 13.9. The van der Waals surface area contributed by atoms with Crippen LogP contribution in [0.15, 0.2) is 77.7 Å². The molecule has 5 nitrogen and oxygen atoms in total. The average Bonchev–Trinajstić information content (AvgIpc) is 3.01. The summed E-state index contributed by atoms with van der Waals surface area (Å²) >= 11 is 1.11. The Bertz CT molecular complexity index is 1410. The molecule has 2 aliphatic rings. The summed E-state index contributed by atoms with van der Waals surface area (Å²) in [6, 6.07) is 21.2. The van der Waals surface area contributed by atoms with Crippen LogP contribution in [0.2, 0.25) is 0 Å². The van der Waals surface area contributed by atoms with Crippen LogP contribution in [0.5, 0.6) is 0 Å². The molecule has 0 radical (unpaired) electrons. The number of carbonyl (C=O) groups is 2. The zero-order chi connectivity index (χ0) is 28.6. The van der Waals surface area contributed by atoms with Crippen LogP contribution in [-0.4, -0.2) is 65.6 Å². The molecule has 0 atom stereocenters. The van der Waals surface area contributed by atoms with Gasteiger partial charge in [-0.15, -0.1) is 11.8 Å². The van der Waals surface area contributed by atoms with Crippen LogP contribution in [-0.2, 0) is 4.79 Å². The molecule has 0 bridgehead atoms. The number of hydrogen-bond acceptors (Lipinski definition) is 4. The zero-order valence-electron chi connectivity index (χ0n) is 22.8. The van der Waals surface area contributed by atoms with E-state index < -0.39 is 11.6 Å². The van der Waals surface area contributed by atoms with Gasteiger partial charge in [-0.05, 0) is 74.2 Å². The van der Waals surface area contributed by atoms with Crippen LogP contribution in [0.25, 0.3) is 0 Å². The minimum atomic E-state index is -0.636. The highest BCUT2D eigenvalue weighted by Gasteiger charge is 2.30. The summed E-state index contributed by atoms with van der Waals surface area (Å²) in [4.78, 5) is 30.1. The van der Waals surface area contributed by atoms with Crippen LogP contribution in [0.3, 0.4) is 0 Å². The van der Waals surface area contributed by atoms with Gasteiger partial charge in [-0.1, -0.05) is 30.0 Å². The molecule has 0 unspecified atom stereocenters. The van der Waals surface area contributed by atoms with Gasteiger partial charge in [-0.3, -0.25) is 9.59 Å². The second kappa shape index (κ2) is 13.8. The Labute approximate surface area is 244 Å². The zero-order valence-corrected chi connectivity index (χ0v) is 23.6. The first-order chi connectivity index (χ1) is 19.9. The number of rotatable bonds is 6. The van der Waals surface area contributed by atoms with E-state index in [-0.39, 0.29) is 28.5 Å². The number of benzene rings is 3. The molecular formula is C33H33F2N3O2S. The van der Waals surface area contributed by atoms with Crippen LogP contribution in [0.4, 0.5) is 8.78 Å². The second-order valence-electron chi connectivity index (χ2n) is 10.5. The maximum Gasteiger partial charge on any atom is 0.251 e. The molecule has 2 heterocycles. The van der Waals surface area contributed by atoms with Crippen molar-refractivity contribution in [2.24, 2.45) is 0 Å². The van der Waals surface area contributed by atoms with Gasteiger partial charge in [-0.2, -0.15) is 0 Å². The van der Waals surface area contributed by atoms with Gasteiger partial charge in [0.05, 0.1) is 5.75 Å². The van der Waals surface area contributed by atoms with Crippen molar-refractivity contribution in [3.63, 3.8) is 0 Å². The lowest BCUT2D eigenvalue weighted by molar-refractivity contribution is -0.130. The molecule has 2 aliphatic heterocycles. The summed E-state index contributed by atoms with van der Waals surface area (Å²) in [5, 5.41) is 3.19. The smallest absolute Gasteiger partial charge is 0.251 e. The Balaban J connectivity index is 1.02. The van der Waals surface area contributed by atoms with Crippen molar-refractivity contribution < 1.29 is 18.4 Å². The van der Waals surface area contributed by atoms with Gasteiger partial charge in [0.2, 0.25) is 5.91 Å². The Kier molecular flexibility index (Phi) is 9.71. The number of amides is 2. The molecule has 5 rings (SSSR count). The fourth-order valence-electron chi connectivity index (χ4n) is 5.35. The van der Waals surface area contributed by atoms with Crippen LogP contribution in [0, 0.1) is 23.5 Å². The van der Waals surface area contributed by atoms with Gasteiger partial charge in [0.15, 0.2) is 0 Å². The van der Waals surface area contributed by atoms with E-state index in [1.807, 2.05) is 59.5 Å². The fourth-order valence-corrected chi connectivity index (χ4v) is 6.17. The second-order valence-corrected chi connectivity index (χ2v) is 11.5. The van der Waals surface area contributed by atoms with Gasteiger partial charge < -0.3 is 15.1 Å². The van der Waals surface area contributed by atoms with Crippen molar-refractivity contribution in [2.75, 3.05) is 31.9 Å². The van der Waals surface area contributed by atoms with Crippen LogP contribution in [0.1, 0.15) is 47.2 Å². The largest absolute Gasteiger partial charge is 0.349 e. The van der Waals surface area contributed by atoms with Gasteiger partial charge in [0.25, 0.3) is 5.91 Å². The molecule has 0 saturated carbocycles. The standard InChI is InChI=1S/C33H33F2N3O2S/c34-27-12-13-31(30(35)22-27)41-23-32(39)38-20-16-29(17-21-38)37-18-14-28(15-19-37)36-33(40)26-10-8-25(9-11-26)7-6-24-4-2-1-3-5-24/h1-5,8-13,22,28-29H,14-21,23H2,(H,36,40). The predicted octanol–water partition coefficient (Wildman–Crippen LogP) is 5.34. The summed E-state index contributed by atoms with van der Waals surface area (Å²) in [5.74, 6) is 5.07. The number of nitrogens with zero attached hydrogens (tertiary/aromatic N) is 2. The maximum atomic E-state index is 13.9. The Morgan fingerprint density at radius 3 is 2.15 bits per heavy atom. The highest BCUT2D eigenvalue weighted by molar-refractivity contribution is 8.00. The average molecular weight is 574 g/mol. The molecule has 0 aromatic heterocycles. The quantitative estimate of drug-likeness (QED) is 0.320. The molecule has 1 N–H and O–H groups in total. The Morgan fingerprint density at radius 1 is 0.829 bits per heavy atom.